The van der Waals surface area contributed by atoms with Gasteiger partial charge in [-0.1, -0.05) is 26.2 Å². The second-order valence-corrected chi connectivity index (χ2v) is 4.44. The van der Waals surface area contributed by atoms with Crippen molar-refractivity contribution in [2.24, 2.45) is 0 Å². The topological polar surface area (TPSA) is 42.2 Å². The van der Waals surface area contributed by atoms with E-state index in [0.29, 0.717) is 0 Å². The first-order valence-electron chi connectivity index (χ1n) is 6.35. The zero-order chi connectivity index (χ0) is 12.1. The Balaban J connectivity index is 2.00. The maximum Gasteiger partial charge on any atom is 0.157 e. The van der Waals surface area contributed by atoms with Crippen molar-refractivity contribution in [2.45, 2.75) is 39.5 Å². The molecule has 0 saturated heterocycles. The van der Waals surface area contributed by atoms with Gasteiger partial charge < -0.3 is 5.32 Å². The van der Waals surface area contributed by atoms with Gasteiger partial charge in [0, 0.05) is 6.54 Å². The summed E-state index contributed by atoms with van der Waals surface area (Å²) < 4.78 is 1.85. The minimum absolute atomic E-state index is 0.904. The molecule has 0 atom stereocenters. The van der Waals surface area contributed by atoms with Gasteiger partial charge in [0.05, 0.1) is 0 Å². The molecule has 0 radical (unpaired) electrons. The molecule has 0 aliphatic rings. The summed E-state index contributed by atoms with van der Waals surface area (Å²) in [4.78, 5) is 4.21. The molecule has 0 aliphatic heterocycles. The highest BCUT2D eigenvalue weighted by Crippen LogP contribution is 2.13. The Kier molecular flexibility index (Phi) is 3.96. The Morgan fingerprint density at radius 3 is 2.94 bits per heavy atom. The summed E-state index contributed by atoms with van der Waals surface area (Å²) in [7, 11) is 0. The predicted octanol–water partition coefficient (Wildman–Crippen LogP) is 3.03. The summed E-state index contributed by atoms with van der Waals surface area (Å²) in [6.07, 6.45) is 6.68. The number of unbranched alkanes of at least 4 members (excludes halogenated alkanes) is 3. The van der Waals surface area contributed by atoms with E-state index in [1.165, 1.54) is 31.2 Å². The number of nitrogens with zero attached hydrogens (tertiary/aromatic N) is 3. The lowest BCUT2D eigenvalue weighted by Gasteiger charge is -2.08. The number of rotatable bonds is 6. The highest BCUT2D eigenvalue weighted by molar-refractivity contribution is 5.51. The Hall–Kier alpha value is -1.58. The van der Waals surface area contributed by atoms with Crippen molar-refractivity contribution < 1.29 is 0 Å². The molecule has 0 unspecified atom stereocenters. The molecule has 17 heavy (non-hydrogen) atoms. The minimum Gasteiger partial charge on any atom is -0.370 e. The molecule has 0 aromatic carbocycles. The maximum absolute atomic E-state index is 4.22. The van der Waals surface area contributed by atoms with Crippen molar-refractivity contribution in [3.05, 3.63) is 24.0 Å². The molecule has 2 rings (SSSR count). The average Bonchev–Trinajstić information content (AvgIpc) is 2.76. The Morgan fingerprint density at radius 1 is 1.24 bits per heavy atom. The third-order valence-corrected chi connectivity index (χ3v) is 2.86. The lowest BCUT2D eigenvalue weighted by molar-refractivity contribution is 0.683. The monoisotopic (exact) mass is 232 g/mol. The van der Waals surface area contributed by atoms with Crippen molar-refractivity contribution in [1.29, 1.82) is 0 Å². The second kappa shape index (κ2) is 5.66. The minimum atomic E-state index is 0.904. The first kappa shape index (κ1) is 11.9. The molecule has 0 fully saturated rings. The van der Waals surface area contributed by atoms with E-state index >= 15 is 0 Å². The van der Waals surface area contributed by atoms with E-state index in [1.54, 1.807) is 6.33 Å². The zero-order valence-electron chi connectivity index (χ0n) is 10.6. The SMILES string of the molecule is CCCCCCNc1cc(C)cc2ncnn12. The summed E-state index contributed by atoms with van der Waals surface area (Å²) >= 11 is 0. The largest absolute Gasteiger partial charge is 0.370 e. The van der Waals surface area contributed by atoms with Gasteiger partial charge in [0.15, 0.2) is 5.65 Å². The standard InChI is InChI=1S/C13H20N4/c1-3-4-5-6-7-14-12-8-11(2)9-13-15-10-16-17(12)13/h8-10,14H,3-7H2,1-2H3. The lowest BCUT2D eigenvalue weighted by Crippen LogP contribution is -2.07. The van der Waals surface area contributed by atoms with Crippen LogP contribution in [0.5, 0.6) is 0 Å². The van der Waals surface area contributed by atoms with E-state index in [-0.39, 0.29) is 0 Å². The van der Waals surface area contributed by atoms with Crippen LogP contribution in [-0.4, -0.2) is 21.1 Å². The third kappa shape index (κ3) is 2.96. The molecule has 4 heteroatoms. The average molecular weight is 232 g/mol. The fraction of sp³-hybridized carbons (Fsp3) is 0.538. The van der Waals surface area contributed by atoms with Crippen molar-refractivity contribution in [2.75, 3.05) is 11.9 Å². The molecule has 92 valence electrons. The number of hydrogen-bond acceptors (Lipinski definition) is 3. The van der Waals surface area contributed by atoms with E-state index in [2.05, 4.69) is 35.3 Å². The predicted molar refractivity (Wildman–Crippen MR) is 70.4 cm³/mol. The Morgan fingerprint density at radius 2 is 2.12 bits per heavy atom. The lowest BCUT2D eigenvalue weighted by atomic mass is 10.2. The van der Waals surface area contributed by atoms with Gasteiger partial charge in [0.1, 0.15) is 12.1 Å². The highest BCUT2D eigenvalue weighted by atomic mass is 15.3. The highest BCUT2D eigenvalue weighted by Gasteiger charge is 2.02. The van der Waals surface area contributed by atoms with E-state index in [0.717, 1.165) is 18.0 Å². The quantitative estimate of drug-likeness (QED) is 0.778. The number of anilines is 1. The molecular weight excluding hydrogens is 212 g/mol. The van der Waals surface area contributed by atoms with Crippen molar-refractivity contribution >= 4 is 11.5 Å². The molecule has 0 spiro atoms. The van der Waals surface area contributed by atoms with Crippen molar-refractivity contribution in [1.82, 2.24) is 14.6 Å². The number of aryl methyl sites for hydroxylation is 1. The first-order valence-corrected chi connectivity index (χ1v) is 6.35. The van der Waals surface area contributed by atoms with Crippen LogP contribution in [0.25, 0.3) is 5.65 Å². The first-order chi connectivity index (χ1) is 8.31. The number of fused-ring (bicyclic) bond motifs is 1. The number of hydrogen-bond donors (Lipinski definition) is 1. The third-order valence-electron chi connectivity index (χ3n) is 2.86. The van der Waals surface area contributed by atoms with Gasteiger partial charge in [-0.3, -0.25) is 0 Å². The van der Waals surface area contributed by atoms with Gasteiger partial charge in [-0.2, -0.15) is 9.61 Å². The Labute approximate surface area is 102 Å². The summed E-state index contributed by atoms with van der Waals surface area (Å²) in [5.74, 6) is 1.04. The molecule has 1 N–H and O–H groups in total. The van der Waals surface area contributed by atoms with E-state index in [1.807, 2.05) is 10.6 Å². The van der Waals surface area contributed by atoms with Crippen LogP contribution in [0.2, 0.25) is 0 Å². The fourth-order valence-electron chi connectivity index (χ4n) is 1.95. The second-order valence-electron chi connectivity index (χ2n) is 4.44. The molecule has 0 amide bonds. The van der Waals surface area contributed by atoms with Gasteiger partial charge in [-0.05, 0) is 31.0 Å². The van der Waals surface area contributed by atoms with Crippen LogP contribution in [-0.2, 0) is 0 Å². The van der Waals surface area contributed by atoms with Gasteiger partial charge in [-0.25, -0.2) is 4.98 Å². The van der Waals surface area contributed by atoms with E-state index in [4.69, 9.17) is 0 Å². The van der Waals surface area contributed by atoms with E-state index < -0.39 is 0 Å². The summed E-state index contributed by atoms with van der Waals surface area (Å²) in [6.45, 7) is 5.31. The number of aromatic nitrogens is 3. The molecular formula is C13H20N4. The fourth-order valence-corrected chi connectivity index (χ4v) is 1.95. The van der Waals surface area contributed by atoms with E-state index in [9.17, 15) is 0 Å². The van der Waals surface area contributed by atoms with Crippen molar-refractivity contribution in [3.63, 3.8) is 0 Å². The van der Waals surface area contributed by atoms with Crippen LogP contribution < -0.4 is 5.32 Å². The molecule has 4 nitrogen and oxygen atoms in total. The Bertz CT molecular complexity index is 475. The molecule has 0 saturated carbocycles. The van der Waals surface area contributed by atoms with Crippen LogP contribution in [0.4, 0.5) is 5.82 Å². The zero-order valence-corrected chi connectivity index (χ0v) is 10.6. The van der Waals surface area contributed by atoms with Crippen molar-refractivity contribution in [3.8, 4) is 0 Å². The smallest absolute Gasteiger partial charge is 0.157 e. The summed E-state index contributed by atoms with van der Waals surface area (Å²) in [5, 5.41) is 7.65. The van der Waals surface area contributed by atoms with Crippen LogP contribution in [0.1, 0.15) is 38.2 Å². The maximum atomic E-state index is 4.22. The van der Waals surface area contributed by atoms with Gasteiger partial charge in [0.25, 0.3) is 0 Å². The van der Waals surface area contributed by atoms with Crippen LogP contribution in [0.3, 0.4) is 0 Å². The number of nitrogens with one attached hydrogen (secondary N) is 1. The molecule has 0 aliphatic carbocycles. The molecule has 2 aromatic heterocycles. The number of pyridine rings is 1. The summed E-state index contributed by atoms with van der Waals surface area (Å²) in [5.41, 5.74) is 2.11. The van der Waals surface area contributed by atoms with Crippen LogP contribution in [0.15, 0.2) is 18.5 Å². The molecule has 0 bridgehead atoms. The molecule has 2 aromatic rings. The van der Waals surface area contributed by atoms with Gasteiger partial charge in [-0.15, -0.1) is 0 Å². The van der Waals surface area contributed by atoms with Crippen LogP contribution in [0, 0.1) is 6.92 Å². The van der Waals surface area contributed by atoms with Crippen LogP contribution >= 0.6 is 0 Å². The normalized spacial score (nSPS) is 10.9. The van der Waals surface area contributed by atoms with Gasteiger partial charge >= 0.3 is 0 Å². The van der Waals surface area contributed by atoms with Gasteiger partial charge in [0.2, 0.25) is 0 Å². The molecule has 2 heterocycles. The summed E-state index contributed by atoms with van der Waals surface area (Å²) in [6, 6.07) is 4.15.